The molecule has 1 aromatic carbocycles. The number of allylic oxidation sites excluding steroid dienone is 1. The highest BCUT2D eigenvalue weighted by atomic mass is 32.1. The fourth-order valence-electron chi connectivity index (χ4n) is 1.13. The zero-order chi connectivity index (χ0) is 11.3. The summed E-state index contributed by atoms with van der Waals surface area (Å²) in [5, 5.41) is 8.69. The zero-order valence-corrected chi connectivity index (χ0v) is 8.88. The SMILES string of the molecule is O=C(O)c1cccc(C=CCCS)c1F. The van der Waals surface area contributed by atoms with E-state index in [1.165, 1.54) is 18.2 Å². The van der Waals surface area contributed by atoms with Crippen molar-refractivity contribution in [3.63, 3.8) is 0 Å². The summed E-state index contributed by atoms with van der Waals surface area (Å²) in [6, 6.07) is 4.30. The summed E-state index contributed by atoms with van der Waals surface area (Å²) in [5.41, 5.74) is -0.0142. The lowest BCUT2D eigenvalue weighted by molar-refractivity contribution is 0.0692. The number of rotatable bonds is 4. The number of carboxylic acids is 1. The maximum absolute atomic E-state index is 13.5. The highest BCUT2D eigenvalue weighted by Gasteiger charge is 2.11. The summed E-state index contributed by atoms with van der Waals surface area (Å²) in [7, 11) is 0. The molecule has 15 heavy (non-hydrogen) atoms. The average molecular weight is 226 g/mol. The summed E-state index contributed by atoms with van der Waals surface area (Å²) in [5.74, 6) is -1.27. The molecule has 0 radical (unpaired) electrons. The van der Waals surface area contributed by atoms with Gasteiger partial charge in [-0.25, -0.2) is 9.18 Å². The van der Waals surface area contributed by atoms with Crippen LogP contribution in [0, 0.1) is 5.82 Å². The molecule has 0 aliphatic rings. The van der Waals surface area contributed by atoms with Crippen molar-refractivity contribution in [2.75, 3.05) is 5.75 Å². The van der Waals surface area contributed by atoms with Crippen LogP contribution < -0.4 is 0 Å². The molecular weight excluding hydrogens is 215 g/mol. The van der Waals surface area contributed by atoms with E-state index in [-0.39, 0.29) is 11.1 Å². The van der Waals surface area contributed by atoms with Crippen molar-refractivity contribution >= 4 is 24.7 Å². The Morgan fingerprint density at radius 2 is 2.27 bits per heavy atom. The Labute approximate surface area is 92.8 Å². The number of halogens is 1. The van der Waals surface area contributed by atoms with Crippen LogP contribution in [0.1, 0.15) is 22.3 Å². The molecule has 80 valence electrons. The van der Waals surface area contributed by atoms with Gasteiger partial charge in [0.1, 0.15) is 5.82 Å². The second-order valence-corrected chi connectivity index (χ2v) is 3.38. The van der Waals surface area contributed by atoms with Crippen molar-refractivity contribution in [2.45, 2.75) is 6.42 Å². The zero-order valence-electron chi connectivity index (χ0n) is 7.98. The first kappa shape index (κ1) is 11.8. The quantitative estimate of drug-likeness (QED) is 0.775. The van der Waals surface area contributed by atoms with Gasteiger partial charge in [-0.05, 0) is 18.2 Å². The number of benzene rings is 1. The maximum Gasteiger partial charge on any atom is 0.338 e. The van der Waals surface area contributed by atoms with Crippen molar-refractivity contribution in [1.82, 2.24) is 0 Å². The van der Waals surface area contributed by atoms with E-state index in [1.807, 2.05) is 0 Å². The van der Waals surface area contributed by atoms with Crippen molar-refractivity contribution in [1.29, 1.82) is 0 Å². The Morgan fingerprint density at radius 1 is 1.53 bits per heavy atom. The number of carbonyl (C=O) groups is 1. The Kier molecular flexibility index (Phi) is 4.37. The molecule has 1 aromatic rings. The van der Waals surface area contributed by atoms with E-state index in [1.54, 1.807) is 12.2 Å². The number of thiol groups is 1. The minimum absolute atomic E-state index is 0.289. The minimum atomic E-state index is -1.25. The van der Waals surface area contributed by atoms with Crippen molar-refractivity contribution in [2.24, 2.45) is 0 Å². The number of aromatic carboxylic acids is 1. The number of hydrogen-bond donors (Lipinski definition) is 2. The van der Waals surface area contributed by atoms with Gasteiger partial charge < -0.3 is 5.11 Å². The molecule has 0 heterocycles. The third-order valence-electron chi connectivity index (χ3n) is 1.85. The minimum Gasteiger partial charge on any atom is -0.478 e. The monoisotopic (exact) mass is 226 g/mol. The van der Waals surface area contributed by atoms with E-state index in [4.69, 9.17) is 5.11 Å². The molecule has 2 nitrogen and oxygen atoms in total. The smallest absolute Gasteiger partial charge is 0.338 e. The Bertz CT molecular complexity index is 388. The molecule has 0 atom stereocenters. The molecule has 0 amide bonds. The van der Waals surface area contributed by atoms with Crippen molar-refractivity contribution in [3.05, 3.63) is 41.2 Å². The van der Waals surface area contributed by atoms with Crippen LogP contribution in [0.25, 0.3) is 6.08 Å². The third kappa shape index (κ3) is 3.09. The standard InChI is InChI=1S/C11H11FO2S/c12-10-8(4-1-2-7-15)5-3-6-9(10)11(13)14/h1,3-6,15H,2,7H2,(H,13,14). The number of carboxylic acid groups (broad SMARTS) is 1. The van der Waals surface area contributed by atoms with Crippen LogP contribution in [0.4, 0.5) is 4.39 Å². The fraction of sp³-hybridized carbons (Fsp3) is 0.182. The van der Waals surface area contributed by atoms with Crippen LogP contribution in [0.5, 0.6) is 0 Å². The lowest BCUT2D eigenvalue weighted by Gasteiger charge is -2.00. The van der Waals surface area contributed by atoms with E-state index in [9.17, 15) is 9.18 Å². The summed E-state index contributed by atoms with van der Waals surface area (Å²) in [6.07, 6.45) is 4.05. The van der Waals surface area contributed by atoms with Crippen molar-refractivity contribution < 1.29 is 14.3 Å². The van der Waals surface area contributed by atoms with Gasteiger partial charge in [0, 0.05) is 5.56 Å². The van der Waals surface area contributed by atoms with Crippen LogP contribution in [0.15, 0.2) is 24.3 Å². The second-order valence-electron chi connectivity index (χ2n) is 2.93. The predicted octanol–water partition coefficient (Wildman–Crippen LogP) is 2.86. The van der Waals surface area contributed by atoms with Gasteiger partial charge in [0.2, 0.25) is 0 Å². The largest absolute Gasteiger partial charge is 0.478 e. The summed E-state index contributed by atoms with van der Waals surface area (Å²) < 4.78 is 13.5. The van der Waals surface area contributed by atoms with Crippen LogP contribution in [-0.2, 0) is 0 Å². The predicted molar refractivity (Wildman–Crippen MR) is 60.9 cm³/mol. The lowest BCUT2D eigenvalue weighted by atomic mass is 10.1. The molecular formula is C11H11FO2S. The van der Waals surface area contributed by atoms with Gasteiger partial charge in [0.15, 0.2) is 0 Å². The van der Waals surface area contributed by atoms with Gasteiger partial charge in [-0.3, -0.25) is 0 Å². The Morgan fingerprint density at radius 3 is 2.87 bits per heavy atom. The summed E-state index contributed by atoms with van der Waals surface area (Å²) in [4.78, 5) is 10.6. The lowest BCUT2D eigenvalue weighted by Crippen LogP contribution is -2.01. The van der Waals surface area contributed by atoms with Crippen molar-refractivity contribution in [3.8, 4) is 0 Å². The van der Waals surface area contributed by atoms with Crippen LogP contribution >= 0.6 is 12.6 Å². The van der Waals surface area contributed by atoms with E-state index in [0.717, 1.165) is 6.42 Å². The first-order valence-corrected chi connectivity index (χ1v) is 5.09. The summed E-state index contributed by atoms with van der Waals surface area (Å²) >= 11 is 4.01. The van der Waals surface area contributed by atoms with Gasteiger partial charge in [0.05, 0.1) is 5.56 Å². The normalized spacial score (nSPS) is 10.8. The van der Waals surface area contributed by atoms with E-state index < -0.39 is 11.8 Å². The van der Waals surface area contributed by atoms with E-state index >= 15 is 0 Å². The highest BCUT2D eigenvalue weighted by molar-refractivity contribution is 7.80. The molecule has 1 rings (SSSR count). The first-order chi connectivity index (χ1) is 7.16. The molecule has 0 saturated heterocycles. The van der Waals surface area contributed by atoms with Crippen LogP contribution in [0.2, 0.25) is 0 Å². The molecule has 0 aliphatic heterocycles. The molecule has 0 bridgehead atoms. The molecule has 0 saturated carbocycles. The van der Waals surface area contributed by atoms with Gasteiger partial charge in [0.25, 0.3) is 0 Å². The van der Waals surface area contributed by atoms with E-state index in [2.05, 4.69) is 12.6 Å². The first-order valence-electron chi connectivity index (χ1n) is 4.46. The molecule has 0 aromatic heterocycles. The van der Waals surface area contributed by atoms with E-state index in [0.29, 0.717) is 5.75 Å². The highest BCUT2D eigenvalue weighted by Crippen LogP contribution is 2.14. The second kappa shape index (κ2) is 5.56. The van der Waals surface area contributed by atoms with Gasteiger partial charge >= 0.3 is 5.97 Å². The molecule has 0 aliphatic carbocycles. The molecule has 0 unspecified atom stereocenters. The third-order valence-corrected chi connectivity index (χ3v) is 2.11. The molecule has 0 spiro atoms. The summed E-state index contributed by atoms with van der Waals surface area (Å²) in [6.45, 7) is 0. The maximum atomic E-state index is 13.5. The van der Waals surface area contributed by atoms with Crippen LogP contribution in [-0.4, -0.2) is 16.8 Å². The van der Waals surface area contributed by atoms with Gasteiger partial charge in [-0.1, -0.05) is 24.3 Å². The van der Waals surface area contributed by atoms with Gasteiger partial charge in [-0.2, -0.15) is 12.6 Å². The Balaban J connectivity index is 2.99. The average Bonchev–Trinajstić information content (AvgIpc) is 2.20. The Hall–Kier alpha value is -1.29. The van der Waals surface area contributed by atoms with Crippen LogP contribution in [0.3, 0.4) is 0 Å². The fourth-order valence-corrected chi connectivity index (χ4v) is 1.28. The van der Waals surface area contributed by atoms with Gasteiger partial charge in [-0.15, -0.1) is 0 Å². The topological polar surface area (TPSA) is 37.3 Å². The molecule has 4 heteroatoms. The number of hydrogen-bond acceptors (Lipinski definition) is 2. The molecule has 0 fully saturated rings. The molecule has 1 N–H and O–H groups in total.